The Bertz CT molecular complexity index is 359. The summed E-state index contributed by atoms with van der Waals surface area (Å²) in [6.07, 6.45) is 0. The molecule has 0 aromatic heterocycles. The molecule has 18 heavy (non-hydrogen) atoms. The van der Waals surface area contributed by atoms with Gasteiger partial charge in [0.05, 0.1) is 18.2 Å². The summed E-state index contributed by atoms with van der Waals surface area (Å²) < 4.78 is 10.9. The Morgan fingerprint density at radius 2 is 1.94 bits per heavy atom. The number of hydrogen-bond acceptors (Lipinski definition) is 3. The Labute approximate surface area is 118 Å². The number of nitrogens with one attached hydrogen (secondary N) is 1. The fourth-order valence-corrected chi connectivity index (χ4v) is 1.67. The maximum absolute atomic E-state index is 5.98. The largest absolute Gasteiger partial charge is 0.490 e. The van der Waals surface area contributed by atoms with Crippen LogP contribution in [0.4, 0.5) is 0 Å². The van der Waals surface area contributed by atoms with E-state index < -0.39 is 0 Å². The number of hydrogen-bond donors (Lipinski definition) is 1. The Balaban J connectivity index is 2.13. The Kier molecular flexibility index (Phi) is 7.44. The van der Waals surface area contributed by atoms with Gasteiger partial charge in [0.15, 0.2) is 0 Å². The molecule has 3 nitrogen and oxygen atoms in total. The predicted molar refractivity (Wildman–Crippen MR) is 75.9 cm³/mol. The molecule has 1 aromatic carbocycles. The van der Waals surface area contributed by atoms with Crippen LogP contribution in [-0.4, -0.2) is 32.4 Å². The van der Waals surface area contributed by atoms with Crippen molar-refractivity contribution in [2.75, 3.05) is 26.4 Å². The molecule has 0 bridgehead atoms. The second-order valence-corrected chi connectivity index (χ2v) is 4.91. The van der Waals surface area contributed by atoms with Crippen LogP contribution in [0.5, 0.6) is 5.75 Å². The molecule has 0 amide bonds. The number of halogens is 2. The molecule has 1 aromatic rings. The van der Waals surface area contributed by atoms with Gasteiger partial charge in [-0.3, -0.25) is 0 Å². The van der Waals surface area contributed by atoms with Gasteiger partial charge in [0.2, 0.25) is 0 Å². The van der Waals surface area contributed by atoms with Crippen molar-refractivity contribution >= 4 is 23.2 Å². The number of rotatable bonds is 8. The van der Waals surface area contributed by atoms with Gasteiger partial charge in [-0.1, -0.05) is 43.1 Å². The zero-order chi connectivity index (χ0) is 13.4. The standard InChI is InChI=1S/C13H19Cl2NO2/c1-10(2)16-6-7-17-8-9-18-12-5-3-4-11(14)13(12)15/h3-5,10,16H,6-9H2,1-2H3. The van der Waals surface area contributed by atoms with E-state index in [9.17, 15) is 0 Å². The van der Waals surface area contributed by atoms with Gasteiger partial charge in [-0.15, -0.1) is 0 Å². The monoisotopic (exact) mass is 291 g/mol. The van der Waals surface area contributed by atoms with Gasteiger partial charge in [-0.2, -0.15) is 0 Å². The molecule has 0 fully saturated rings. The lowest BCUT2D eigenvalue weighted by atomic mass is 10.3. The van der Waals surface area contributed by atoms with Crippen molar-refractivity contribution in [2.24, 2.45) is 0 Å². The summed E-state index contributed by atoms with van der Waals surface area (Å²) in [5, 5.41) is 4.21. The maximum atomic E-state index is 5.98. The summed E-state index contributed by atoms with van der Waals surface area (Å²) in [5.74, 6) is 0.591. The van der Waals surface area contributed by atoms with Gasteiger partial charge in [0.1, 0.15) is 17.4 Å². The van der Waals surface area contributed by atoms with Crippen molar-refractivity contribution in [3.63, 3.8) is 0 Å². The molecule has 0 radical (unpaired) electrons. The van der Waals surface area contributed by atoms with Gasteiger partial charge in [-0.05, 0) is 12.1 Å². The van der Waals surface area contributed by atoms with Crippen LogP contribution < -0.4 is 10.1 Å². The van der Waals surface area contributed by atoms with Crippen LogP contribution >= 0.6 is 23.2 Å². The topological polar surface area (TPSA) is 30.5 Å². The highest BCUT2D eigenvalue weighted by Crippen LogP contribution is 2.31. The van der Waals surface area contributed by atoms with E-state index in [0.29, 0.717) is 41.7 Å². The average Bonchev–Trinajstić information content (AvgIpc) is 2.32. The minimum Gasteiger partial charge on any atom is -0.490 e. The molecule has 0 atom stereocenters. The first-order chi connectivity index (χ1) is 8.61. The molecule has 0 aliphatic heterocycles. The molecule has 0 spiro atoms. The first-order valence-electron chi connectivity index (χ1n) is 5.99. The molecule has 0 saturated heterocycles. The van der Waals surface area contributed by atoms with Crippen LogP contribution in [0.2, 0.25) is 10.0 Å². The normalized spacial score (nSPS) is 10.9. The van der Waals surface area contributed by atoms with Crippen LogP contribution in [0.1, 0.15) is 13.8 Å². The lowest BCUT2D eigenvalue weighted by Crippen LogP contribution is -2.27. The summed E-state index contributed by atoms with van der Waals surface area (Å²) in [5.41, 5.74) is 0. The number of ether oxygens (including phenoxy) is 2. The third kappa shape index (κ3) is 5.91. The Morgan fingerprint density at radius 3 is 2.67 bits per heavy atom. The third-order valence-corrected chi connectivity index (χ3v) is 3.00. The van der Waals surface area contributed by atoms with E-state index >= 15 is 0 Å². The molecular formula is C13H19Cl2NO2. The molecule has 102 valence electrons. The summed E-state index contributed by atoms with van der Waals surface area (Å²) in [6, 6.07) is 5.80. The molecule has 0 aliphatic carbocycles. The zero-order valence-electron chi connectivity index (χ0n) is 10.7. The van der Waals surface area contributed by atoms with Crippen LogP contribution in [0, 0.1) is 0 Å². The van der Waals surface area contributed by atoms with Crippen molar-refractivity contribution in [3.05, 3.63) is 28.2 Å². The van der Waals surface area contributed by atoms with E-state index in [-0.39, 0.29) is 0 Å². The van der Waals surface area contributed by atoms with Gasteiger partial charge in [-0.25, -0.2) is 0 Å². The second-order valence-electron chi connectivity index (χ2n) is 4.12. The second kappa shape index (κ2) is 8.59. The van der Waals surface area contributed by atoms with Crippen molar-refractivity contribution in [3.8, 4) is 5.75 Å². The highest BCUT2D eigenvalue weighted by Gasteiger charge is 2.04. The molecule has 5 heteroatoms. The van der Waals surface area contributed by atoms with Crippen molar-refractivity contribution in [2.45, 2.75) is 19.9 Å². The minimum absolute atomic E-state index is 0.445. The van der Waals surface area contributed by atoms with Crippen LogP contribution in [0.15, 0.2) is 18.2 Å². The molecule has 1 rings (SSSR count). The van der Waals surface area contributed by atoms with Crippen molar-refractivity contribution in [1.82, 2.24) is 5.32 Å². The summed E-state index contributed by atoms with van der Waals surface area (Å²) in [7, 11) is 0. The Hall–Kier alpha value is -0.480. The highest BCUT2D eigenvalue weighted by molar-refractivity contribution is 6.42. The summed E-state index contributed by atoms with van der Waals surface area (Å²) >= 11 is 11.9. The van der Waals surface area contributed by atoms with Crippen LogP contribution in [-0.2, 0) is 4.74 Å². The highest BCUT2D eigenvalue weighted by atomic mass is 35.5. The maximum Gasteiger partial charge on any atom is 0.139 e. The third-order valence-electron chi connectivity index (χ3n) is 2.20. The Morgan fingerprint density at radius 1 is 1.17 bits per heavy atom. The minimum atomic E-state index is 0.445. The lowest BCUT2D eigenvalue weighted by Gasteiger charge is -2.10. The molecule has 1 N–H and O–H groups in total. The molecular weight excluding hydrogens is 273 g/mol. The average molecular weight is 292 g/mol. The molecule has 0 aliphatic rings. The summed E-state index contributed by atoms with van der Waals surface area (Å²) in [4.78, 5) is 0. The van der Waals surface area contributed by atoms with E-state index in [2.05, 4.69) is 19.2 Å². The molecule has 0 unspecified atom stereocenters. The fourth-order valence-electron chi connectivity index (χ4n) is 1.33. The zero-order valence-corrected chi connectivity index (χ0v) is 12.2. The quantitative estimate of drug-likeness (QED) is 0.745. The fraction of sp³-hybridized carbons (Fsp3) is 0.538. The van der Waals surface area contributed by atoms with E-state index in [1.165, 1.54) is 0 Å². The van der Waals surface area contributed by atoms with E-state index in [0.717, 1.165) is 6.54 Å². The van der Waals surface area contributed by atoms with Gasteiger partial charge < -0.3 is 14.8 Å². The number of benzene rings is 1. The van der Waals surface area contributed by atoms with E-state index in [1.54, 1.807) is 18.2 Å². The summed E-state index contributed by atoms with van der Waals surface area (Å²) in [6.45, 7) is 6.71. The SMILES string of the molecule is CC(C)NCCOCCOc1cccc(Cl)c1Cl. The van der Waals surface area contributed by atoms with Gasteiger partial charge in [0, 0.05) is 12.6 Å². The first-order valence-corrected chi connectivity index (χ1v) is 6.74. The van der Waals surface area contributed by atoms with E-state index in [1.807, 2.05) is 0 Å². The predicted octanol–water partition coefficient (Wildman–Crippen LogP) is 3.39. The first kappa shape index (κ1) is 15.6. The van der Waals surface area contributed by atoms with Crippen LogP contribution in [0.25, 0.3) is 0 Å². The van der Waals surface area contributed by atoms with Gasteiger partial charge >= 0.3 is 0 Å². The lowest BCUT2D eigenvalue weighted by molar-refractivity contribution is 0.101. The molecule has 0 heterocycles. The van der Waals surface area contributed by atoms with Gasteiger partial charge in [0.25, 0.3) is 0 Å². The van der Waals surface area contributed by atoms with E-state index in [4.69, 9.17) is 32.7 Å². The van der Waals surface area contributed by atoms with Crippen molar-refractivity contribution < 1.29 is 9.47 Å². The smallest absolute Gasteiger partial charge is 0.139 e. The van der Waals surface area contributed by atoms with Crippen molar-refractivity contribution in [1.29, 1.82) is 0 Å². The van der Waals surface area contributed by atoms with Crippen LogP contribution in [0.3, 0.4) is 0 Å². The molecule has 0 saturated carbocycles.